The van der Waals surface area contributed by atoms with Crippen LogP contribution in [0, 0.1) is 5.92 Å². The highest BCUT2D eigenvalue weighted by Gasteiger charge is 2.36. The van der Waals surface area contributed by atoms with Gasteiger partial charge < -0.3 is 10.2 Å². The number of para-hydroxylation sites is 1. The Labute approximate surface area is 167 Å². The van der Waals surface area contributed by atoms with Crippen LogP contribution in [0.25, 0.3) is 5.65 Å². The van der Waals surface area contributed by atoms with E-state index in [1.165, 1.54) is 0 Å². The fourth-order valence-corrected chi connectivity index (χ4v) is 5.38. The van der Waals surface area contributed by atoms with Gasteiger partial charge in [0.05, 0.1) is 11.9 Å². The van der Waals surface area contributed by atoms with Crippen LogP contribution in [0.3, 0.4) is 0 Å². The van der Waals surface area contributed by atoms with Crippen LogP contribution in [-0.2, 0) is 10.0 Å². The molecule has 1 saturated heterocycles. The lowest BCUT2D eigenvalue weighted by Gasteiger charge is -2.38. The van der Waals surface area contributed by atoms with Crippen molar-refractivity contribution in [2.45, 2.75) is 23.9 Å². The first-order valence-corrected chi connectivity index (χ1v) is 11.0. The van der Waals surface area contributed by atoms with Crippen LogP contribution in [0.5, 0.6) is 0 Å². The fourth-order valence-electron chi connectivity index (χ4n) is 3.99. The zero-order valence-electron chi connectivity index (χ0n) is 15.5. The smallest absolute Gasteiger partial charge is 0.274 e. The highest BCUT2D eigenvalue weighted by Crippen LogP contribution is 2.31. The van der Waals surface area contributed by atoms with Crippen molar-refractivity contribution < 1.29 is 13.2 Å². The van der Waals surface area contributed by atoms with E-state index in [-0.39, 0.29) is 22.9 Å². The molecule has 4 heterocycles. The third-order valence-corrected chi connectivity index (χ3v) is 7.02. The molecular weight excluding hydrogens is 392 g/mol. The van der Waals surface area contributed by atoms with Crippen LogP contribution in [0.4, 0.5) is 5.69 Å². The third kappa shape index (κ3) is 3.23. The molecule has 1 amide bonds. The van der Waals surface area contributed by atoms with Gasteiger partial charge >= 0.3 is 0 Å². The van der Waals surface area contributed by atoms with Crippen LogP contribution in [0.1, 0.15) is 23.3 Å². The maximum absolute atomic E-state index is 12.8. The number of hydrogen-bond acceptors (Lipinski definition) is 6. The first-order valence-electron chi connectivity index (χ1n) is 9.49. The topological polar surface area (TPSA) is 109 Å². The van der Waals surface area contributed by atoms with Gasteiger partial charge in [-0.05, 0) is 37.0 Å². The number of anilines is 1. The molecule has 10 heteroatoms. The predicted octanol–water partition coefficient (Wildman–Crippen LogP) is 1.31. The van der Waals surface area contributed by atoms with Crippen molar-refractivity contribution in [3.8, 4) is 0 Å². The number of amides is 1. The van der Waals surface area contributed by atoms with E-state index in [1.807, 2.05) is 6.07 Å². The summed E-state index contributed by atoms with van der Waals surface area (Å²) >= 11 is 0. The lowest BCUT2D eigenvalue weighted by Crippen LogP contribution is -2.52. The van der Waals surface area contributed by atoms with E-state index >= 15 is 0 Å². The molecule has 2 aliphatic heterocycles. The summed E-state index contributed by atoms with van der Waals surface area (Å²) in [6.07, 6.45) is 4.42. The minimum atomic E-state index is -3.54. The normalized spacial score (nSPS) is 21.5. The Balaban J connectivity index is 1.28. The molecule has 5 rings (SSSR count). The Hall–Kier alpha value is -2.98. The molecular formula is C19H20N6O3S. The Kier molecular flexibility index (Phi) is 4.25. The van der Waals surface area contributed by atoms with Gasteiger partial charge in [-0.25, -0.2) is 17.9 Å². The van der Waals surface area contributed by atoms with Gasteiger partial charge in [-0.3, -0.25) is 4.79 Å². The standard InChI is InChI=1S/C19H20N6O3S/c26-19(15-12-17-20-8-3-9-25(17)22-15)24-10-6-13(7-11-24)18-21-14-4-1-2-5-16(14)29(27,28)23-18/h1-5,8-9,12-13,18,21,23H,6-7,10-11H2. The molecule has 1 fully saturated rings. The fraction of sp³-hybridized carbons (Fsp3) is 0.316. The maximum Gasteiger partial charge on any atom is 0.274 e. The minimum absolute atomic E-state index is 0.0879. The van der Waals surface area contributed by atoms with Gasteiger partial charge in [-0.1, -0.05) is 12.1 Å². The summed E-state index contributed by atoms with van der Waals surface area (Å²) in [6.45, 7) is 1.10. The molecule has 9 nitrogen and oxygen atoms in total. The molecule has 2 aromatic heterocycles. The van der Waals surface area contributed by atoms with E-state index < -0.39 is 10.0 Å². The van der Waals surface area contributed by atoms with Crippen LogP contribution in [0.2, 0.25) is 0 Å². The molecule has 0 bridgehead atoms. The van der Waals surface area contributed by atoms with Gasteiger partial charge in [-0.2, -0.15) is 9.82 Å². The molecule has 0 radical (unpaired) electrons. The molecule has 1 unspecified atom stereocenters. The number of sulfonamides is 1. The lowest BCUT2D eigenvalue weighted by molar-refractivity contribution is 0.0673. The summed E-state index contributed by atoms with van der Waals surface area (Å²) in [6, 6.07) is 10.3. The summed E-state index contributed by atoms with van der Waals surface area (Å²) in [5, 5.41) is 7.60. The van der Waals surface area contributed by atoms with Crippen molar-refractivity contribution in [2.75, 3.05) is 18.4 Å². The van der Waals surface area contributed by atoms with Crippen LogP contribution >= 0.6 is 0 Å². The number of aromatic nitrogens is 3. The van der Waals surface area contributed by atoms with Crippen LogP contribution < -0.4 is 10.0 Å². The first-order chi connectivity index (χ1) is 14.0. The van der Waals surface area contributed by atoms with Crippen molar-refractivity contribution in [3.63, 3.8) is 0 Å². The van der Waals surface area contributed by atoms with E-state index in [9.17, 15) is 13.2 Å². The number of rotatable bonds is 2. The average Bonchev–Trinajstić information content (AvgIpc) is 3.17. The first kappa shape index (κ1) is 18.1. The Morgan fingerprint density at radius 3 is 2.72 bits per heavy atom. The molecule has 150 valence electrons. The van der Waals surface area contributed by atoms with E-state index in [2.05, 4.69) is 20.1 Å². The van der Waals surface area contributed by atoms with Crippen molar-refractivity contribution in [2.24, 2.45) is 5.92 Å². The number of fused-ring (bicyclic) bond motifs is 2. The largest absolute Gasteiger partial charge is 0.368 e. The Bertz CT molecular complexity index is 1150. The van der Waals surface area contributed by atoms with E-state index in [1.54, 1.807) is 52.1 Å². The van der Waals surface area contributed by atoms with Crippen molar-refractivity contribution in [1.29, 1.82) is 0 Å². The zero-order valence-corrected chi connectivity index (χ0v) is 16.3. The summed E-state index contributed by atoms with van der Waals surface area (Å²) in [7, 11) is -3.54. The second kappa shape index (κ2) is 6.82. The summed E-state index contributed by atoms with van der Waals surface area (Å²) < 4.78 is 29.4. The highest BCUT2D eigenvalue weighted by atomic mass is 32.2. The number of piperidine rings is 1. The number of hydrogen-bond donors (Lipinski definition) is 2. The molecule has 0 aliphatic carbocycles. The minimum Gasteiger partial charge on any atom is -0.368 e. The molecule has 1 aromatic carbocycles. The van der Waals surface area contributed by atoms with Gasteiger partial charge in [0.2, 0.25) is 10.0 Å². The van der Waals surface area contributed by atoms with Crippen molar-refractivity contribution >= 4 is 27.3 Å². The van der Waals surface area contributed by atoms with Crippen LogP contribution in [0.15, 0.2) is 53.7 Å². The average molecular weight is 412 g/mol. The van der Waals surface area contributed by atoms with E-state index in [0.717, 1.165) is 0 Å². The quantitative estimate of drug-likeness (QED) is 0.657. The summed E-state index contributed by atoms with van der Waals surface area (Å²) in [5.41, 5.74) is 1.62. The van der Waals surface area contributed by atoms with Crippen LogP contribution in [-0.4, -0.2) is 53.1 Å². The zero-order chi connectivity index (χ0) is 20.0. The summed E-state index contributed by atoms with van der Waals surface area (Å²) in [4.78, 5) is 19.0. The molecule has 0 saturated carbocycles. The van der Waals surface area contributed by atoms with Gasteiger partial charge in [-0.15, -0.1) is 0 Å². The van der Waals surface area contributed by atoms with E-state index in [4.69, 9.17) is 0 Å². The lowest BCUT2D eigenvalue weighted by atomic mass is 9.93. The SMILES string of the molecule is O=C(c1cc2ncccn2n1)N1CCC(C2Nc3ccccc3S(=O)(=O)N2)CC1. The molecule has 0 spiro atoms. The summed E-state index contributed by atoms with van der Waals surface area (Å²) in [5.74, 6) is -0.0404. The highest BCUT2D eigenvalue weighted by molar-refractivity contribution is 7.89. The third-order valence-electron chi connectivity index (χ3n) is 5.52. The van der Waals surface area contributed by atoms with E-state index in [0.29, 0.717) is 43.0 Å². The molecule has 1 atom stereocenters. The van der Waals surface area contributed by atoms with Crippen molar-refractivity contribution in [3.05, 3.63) is 54.5 Å². The Morgan fingerprint density at radius 2 is 1.93 bits per heavy atom. The second-order valence-corrected chi connectivity index (χ2v) is 9.00. The number of likely N-dealkylation sites (tertiary alicyclic amines) is 1. The number of carbonyl (C=O) groups excluding carboxylic acids is 1. The second-order valence-electron chi connectivity index (χ2n) is 7.32. The number of nitrogens with zero attached hydrogens (tertiary/aromatic N) is 4. The Morgan fingerprint density at radius 1 is 1.14 bits per heavy atom. The monoisotopic (exact) mass is 412 g/mol. The number of nitrogens with one attached hydrogen (secondary N) is 2. The van der Waals surface area contributed by atoms with Crippen molar-refractivity contribution in [1.82, 2.24) is 24.2 Å². The molecule has 29 heavy (non-hydrogen) atoms. The molecule has 2 N–H and O–H groups in total. The number of benzene rings is 1. The van der Waals surface area contributed by atoms with Gasteiger partial charge in [0.25, 0.3) is 5.91 Å². The maximum atomic E-state index is 12.8. The van der Waals surface area contributed by atoms with Gasteiger partial charge in [0.1, 0.15) is 4.90 Å². The van der Waals surface area contributed by atoms with Gasteiger partial charge in [0, 0.05) is 31.5 Å². The molecule has 3 aromatic rings. The molecule has 2 aliphatic rings. The predicted molar refractivity (Wildman–Crippen MR) is 106 cm³/mol. The van der Waals surface area contributed by atoms with Gasteiger partial charge in [0.15, 0.2) is 11.3 Å². The number of carbonyl (C=O) groups is 1.